The first-order chi connectivity index (χ1) is 16.1. The van der Waals surface area contributed by atoms with Crippen molar-refractivity contribution in [2.45, 2.75) is 70.3 Å². The third-order valence-electron chi connectivity index (χ3n) is 9.11. The number of hydrogen-bond donors (Lipinski definition) is 1. The Balaban J connectivity index is 1.72. The Labute approximate surface area is 200 Å². The van der Waals surface area contributed by atoms with Gasteiger partial charge in [0.15, 0.2) is 5.78 Å². The minimum absolute atomic E-state index is 0.0421. The van der Waals surface area contributed by atoms with E-state index in [0.717, 1.165) is 24.8 Å². The SMILES string of the molecule is CC#C[C@]1(O)CC[C@H]2[C@@H]3CCC4=CC(=O)CCC4=C3[C@@H](c3cc(F)c(N(C)C)c(F)c3)C[C@@]21C. The van der Waals surface area contributed by atoms with Crippen LogP contribution in [0, 0.1) is 40.7 Å². The van der Waals surface area contributed by atoms with Gasteiger partial charge in [0.05, 0.1) is 0 Å². The zero-order chi connectivity index (χ0) is 24.4. The van der Waals surface area contributed by atoms with Gasteiger partial charge in [-0.25, -0.2) is 8.78 Å². The molecule has 2 fully saturated rings. The van der Waals surface area contributed by atoms with E-state index in [0.29, 0.717) is 31.2 Å². The molecule has 0 saturated heterocycles. The number of carbonyl (C=O) groups is 1. The maximum atomic E-state index is 15.1. The molecule has 34 heavy (non-hydrogen) atoms. The molecule has 0 bridgehead atoms. The highest BCUT2D eigenvalue weighted by Crippen LogP contribution is 2.66. The van der Waals surface area contributed by atoms with Crippen molar-refractivity contribution in [3.63, 3.8) is 0 Å². The number of nitrogens with zero attached hydrogens (tertiary/aromatic N) is 1. The number of benzene rings is 1. The summed E-state index contributed by atoms with van der Waals surface area (Å²) in [5.41, 5.74) is 2.55. The Hall–Kier alpha value is -2.45. The van der Waals surface area contributed by atoms with E-state index in [1.807, 2.05) is 0 Å². The maximum absolute atomic E-state index is 15.1. The number of halogens is 2. The first-order valence-electron chi connectivity index (χ1n) is 12.4. The predicted octanol–water partition coefficient (Wildman–Crippen LogP) is 5.68. The third kappa shape index (κ3) is 3.29. The highest BCUT2D eigenvalue weighted by atomic mass is 19.1. The topological polar surface area (TPSA) is 40.5 Å². The molecule has 0 heterocycles. The second-order valence-electron chi connectivity index (χ2n) is 11.0. The van der Waals surface area contributed by atoms with Gasteiger partial charge >= 0.3 is 0 Å². The fourth-order valence-electron chi connectivity index (χ4n) is 7.59. The van der Waals surface area contributed by atoms with Crippen molar-refractivity contribution in [1.29, 1.82) is 0 Å². The zero-order valence-corrected chi connectivity index (χ0v) is 20.5. The lowest BCUT2D eigenvalue weighted by Crippen LogP contribution is -2.51. The van der Waals surface area contributed by atoms with E-state index in [2.05, 4.69) is 18.8 Å². The van der Waals surface area contributed by atoms with Crippen LogP contribution in [0.3, 0.4) is 0 Å². The minimum Gasteiger partial charge on any atom is -0.377 e. The summed E-state index contributed by atoms with van der Waals surface area (Å²) in [6.07, 6.45) is 6.78. The first-order valence-corrected chi connectivity index (χ1v) is 12.4. The van der Waals surface area contributed by atoms with Gasteiger partial charge in [-0.15, -0.1) is 5.92 Å². The van der Waals surface area contributed by atoms with E-state index in [9.17, 15) is 9.90 Å². The molecular weight excluding hydrogens is 432 g/mol. The molecule has 180 valence electrons. The highest BCUT2D eigenvalue weighted by Gasteiger charge is 2.62. The van der Waals surface area contributed by atoms with Crippen molar-refractivity contribution >= 4 is 11.5 Å². The summed E-state index contributed by atoms with van der Waals surface area (Å²) in [5, 5.41) is 11.7. The molecule has 5 rings (SSSR count). The molecular formula is C29H33F2NO2. The average molecular weight is 466 g/mol. The first kappa shape index (κ1) is 23.3. The Bertz CT molecular complexity index is 1160. The third-order valence-corrected chi connectivity index (χ3v) is 9.11. The molecule has 3 nitrogen and oxygen atoms in total. The average Bonchev–Trinajstić information content (AvgIpc) is 3.02. The van der Waals surface area contributed by atoms with E-state index >= 15 is 8.78 Å². The van der Waals surface area contributed by atoms with E-state index in [4.69, 9.17) is 0 Å². The Morgan fingerprint density at radius 3 is 2.47 bits per heavy atom. The van der Waals surface area contributed by atoms with Crippen LogP contribution >= 0.6 is 0 Å². The molecule has 0 amide bonds. The van der Waals surface area contributed by atoms with Crippen LogP contribution < -0.4 is 4.90 Å². The van der Waals surface area contributed by atoms with Crippen LogP contribution in [0.1, 0.15) is 70.3 Å². The van der Waals surface area contributed by atoms with Crippen molar-refractivity contribution in [2.75, 3.05) is 19.0 Å². The van der Waals surface area contributed by atoms with Gasteiger partial charge < -0.3 is 10.0 Å². The van der Waals surface area contributed by atoms with Gasteiger partial charge in [-0.1, -0.05) is 18.4 Å². The number of rotatable bonds is 2. The molecule has 1 aromatic rings. The second kappa shape index (κ2) is 8.05. The molecule has 2 saturated carbocycles. The van der Waals surface area contributed by atoms with Gasteiger partial charge in [0.1, 0.15) is 22.9 Å². The van der Waals surface area contributed by atoms with Crippen LogP contribution in [0.2, 0.25) is 0 Å². The van der Waals surface area contributed by atoms with Gasteiger partial charge in [0.2, 0.25) is 0 Å². The van der Waals surface area contributed by atoms with Crippen molar-refractivity contribution < 1.29 is 18.7 Å². The molecule has 0 unspecified atom stereocenters. The highest BCUT2D eigenvalue weighted by molar-refractivity contribution is 5.93. The van der Waals surface area contributed by atoms with E-state index in [1.54, 1.807) is 27.1 Å². The van der Waals surface area contributed by atoms with E-state index in [1.165, 1.54) is 28.2 Å². The molecule has 5 atom stereocenters. The number of ketones is 1. The molecule has 4 aliphatic rings. The summed E-state index contributed by atoms with van der Waals surface area (Å²) in [4.78, 5) is 13.6. The molecule has 0 radical (unpaired) electrons. The van der Waals surface area contributed by atoms with Crippen LogP contribution in [0.15, 0.2) is 34.9 Å². The standard InChI is InChI=1S/C29H33F2NO2/c1-5-11-29(34)12-10-23-21-8-6-17-13-19(33)7-9-20(17)26(21)22(16-28(23,29)2)18-14-24(30)27(32(3)4)25(31)15-18/h13-15,21-23,34H,6-10,12,16H2,1-4H3/t21-,22+,23-,28-,29-/m0/s1. The number of fused-ring (bicyclic) bond motifs is 4. The summed E-state index contributed by atoms with van der Waals surface area (Å²) in [6.45, 7) is 3.88. The summed E-state index contributed by atoms with van der Waals surface area (Å²) in [7, 11) is 3.26. The predicted molar refractivity (Wildman–Crippen MR) is 129 cm³/mol. The van der Waals surface area contributed by atoms with Gasteiger partial charge in [-0.05, 0) is 92.2 Å². The Kier molecular flexibility index (Phi) is 5.52. The molecule has 1 aromatic carbocycles. The summed E-state index contributed by atoms with van der Waals surface area (Å²) in [5.74, 6) is 5.32. The molecule has 0 aliphatic heterocycles. The monoisotopic (exact) mass is 465 g/mol. The van der Waals surface area contributed by atoms with Crippen LogP contribution in [0.25, 0.3) is 0 Å². The van der Waals surface area contributed by atoms with Crippen molar-refractivity contribution in [1.82, 2.24) is 0 Å². The van der Waals surface area contributed by atoms with E-state index < -0.39 is 22.7 Å². The minimum atomic E-state index is -1.11. The fraction of sp³-hybridized carbons (Fsp3) is 0.552. The smallest absolute Gasteiger partial charge is 0.156 e. The van der Waals surface area contributed by atoms with Gasteiger partial charge in [-0.3, -0.25) is 4.79 Å². The summed E-state index contributed by atoms with van der Waals surface area (Å²) in [6, 6.07) is 2.95. The lowest BCUT2D eigenvalue weighted by atomic mass is 9.51. The van der Waals surface area contributed by atoms with Crippen molar-refractivity contribution in [2.24, 2.45) is 17.3 Å². The largest absolute Gasteiger partial charge is 0.377 e. The van der Waals surface area contributed by atoms with Crippen molar-refractivity contribution in [3.8, 4) is 11.8 Å². The zero-order valence-electron chi connectivity index (χ0n) is 20.5. The molecule has 4 aliphatic carbocycles. The van der Waals surface area contributed by atoms with Crippen LogP contribution in [0.5, 0.6) is 0 Å². The number of anilines is 1. The Morgan fingerprint density at radius 2 is 1.82 bits per heavy atom. The molecule has 5 heteroatoms. The number of allylic oxidation sites excluding steroid dienone is 4. The fourth-order valence-corrected chi connectivity index (χ4v) is 7.59. The number of carbonyl (C=O) groups excluding carboxylic acids is 1. The quantitative estimate of drug-likeness (QED) is 0.571. The molecule has 0 spiro atoms. The van der Waals surface area contributed by atoms with Crippen LogP contribution in [-0.4, -0.2) is 30.6 Å². The van der Waals surface area contributed by atoms with Crippen LogP contribution in [0.4, 0.5) is 14.5 Å². The number of hydrogen-bond acceptors (Lipinski definition) is 3. The van der Waals surface area contributed by atoms with Crippen LogP contribution in [-0.2, 0) is 4.79 Å². The lowest BCUT2D eigenvalue weighted by molar-refractivity contribution is -0.114. The van der Waals surface area contributed by atoms with Gasteiger partial charge in [0, 0.05) is 31.8 Å². The van der Waals surface area contributed by atoms with Crippen molar-refractivity contribution in [3.05, 3.63) is 52.1 Å². The number of aliphatic hydroxyl groups is 1. The lowest BCUT2D eigenvalue weighted by Gasteiger charge is -2.53. The maximum Gasteiger partial charge on any atom is 0.156 e. The normalized spacial score (nSPS) is 34.5. The molecule has 1 N–H and O–H groups in total. The van der Waals surface area contributed by atoms with Gasteiger partial charge in [-0.2, -0.15) is 0 Å². The summed E-state index contributed by atoms with van der Waals surface area (Å²) >= 11 is 0. The molecule has 0 aromatic heterocycles. The Morgan fingerprint density at radius 1 is 1.12 bits per heavy atom. The summed E-state index contributed by atoms with van der Waals surface area (Å²) < 4.78 is 30.3. The second-order valence-corrected chi connectivity index (χ2v) is 11.0. The van der Waals surface area contributed by atoms with Gasteiger partial charge in [0.25, 0.3) is 0 Å². The van der Waals surface area contributed by atoms with E-state index in [-0.39, 0.29) is 29.2 Å².